The minimum atomic E-state index is -0.797. The number of nitrogens with one attached hydrogen (secondary N) is 1. The summed E-state index contributed by atoms with van der Waals surface area (Å²) in [5.74, 6) is 0.954. The minimum Gasteiger partial charge on any atom is -0.469 e. The molecule has 0 aromatic carbocycles. The number of carbonyl (C=O) groups excluding carboxylic acids is 3. The molecule has 0 saturated heterocycles. The van der Waals surface area contributed by atoms with E-state index in [4.69, 9.17) is 5.73 Å². The van der Waals surface area contributed by atoms with Crippen molar-refractivity contribution in [3.8, 4) is 0 Å². The first-order chi connectivity index (χ1) is 10.9. The molecule has 0 radical (unpaired) electrons. The van der Waals surface area contributed by atoms with E-state index in [1.807, 2.05) is 0 Å². The Morgan fingerprint density at radius 3 is 2.09 bits per heavy atom. The van der Waals surface area contributed by atoms with Crippen LogP contribution in [0.2, 0.25) is 0 Å². The average Bonchev–Trinajstić information content (AvgIpc) is 2.49. The molecule has 0 unspecified atom stereocenters. The number of hydrogen-bond acceptors (Lipinski definition) is 4. The van der Waals surface area contributed by atoms with Gasteiger partial charge in [-0.2, -0.15) is 0 Å². The van der Waals surface area contributed by atoms with E-state index in [9.17, 15) is 14.4 Å². The quantitative estimate of drug-likeness (QED) is 0.716. The molecule has 0 spiro atoms. The SMILES string of the molecule is COC(=O)CC[C@@H](NC(=O)C12CC3CC(CC(C3)C1)C2)C(N)=O. The van der Waals surface area contributed by atoms with Crippen molar-refractivity contribution < 1.29 is 19.1 Å². The van der Waals surface area contributed by atoms with Crippen LogP contribution in [0.15, 0.2) is 0 Å². The summed E-state index contributed by atoms with van der Waals surface area (Å²) >= 11 is 0. The van der Waals surface area contributed by atoms with Crippen molar-refractivity contribution >= 4 is 17.8 Å². The number of hydrogen-bond donors (Lipinski definition) is 2. The lowest BCUT2D eigenvalue weighted by Crippen LogP contribution is -2.57. The van der Waals surface area contributed by atoms with Gasteiger partial charge in [0, 0.05) is 11.8 Å². The van der Waals surface area contributed by atoms with E-state index in [1.165, 1.54) is 26.4 Å². The molecule has 6 heteroatoms. The molecular weight excluding hydrogens is 296 g/mol. The summed E-state index contributed by atoms with van der Waals surface area (Å²) in [7, 11) is 1.30. The van der Waals surface area contributed by atoms with Crippen molar-refractivity contribution in [3.05, 3.63) is 0 Å². The summed E-state index contributed by atoms with van der Waals surface area (Å²) < 4.78 is 4.58. The van der Waals surface area contributed by atoms with E-state index in [1.54, 1.807) is 0 Å². The highest BCUT2D eigenvalue weighted by molar-refractivity contribution is 5.90. The summed E-state index contributed by atoms with van der Waals surface area (Å²) in [6.45, 7) is 0. The fraction of sp³-hybridized carbons (Fsp3) is 0.824. The molecule has 4 aliphatic carbocycles. The van der Waals surface area contributed by atoms with Crippen molar-refractivity contribution in [1.29, 1.82) is 0 Å². The molecular formula is C17H26N2O4. The molecule has 4 bridgehead atoms. The van der Waals surface area contributed by atoms with Crippen LogP contribution in [0.4, 0.5) is 0 Å². The second-order valence-electron chi connectivity index (χ2n) is 7.74. The first-order valence-electron chi connectivity index (χ1n) is 8.59. The van der Waals surface area contributed by atoms with Gasteiger partial charge in [0.25, 0.3) is 0 Å². The third kappa shape index (κ3) is 3.21. The Morgan fingerprint density at radius 2 is 1.65 bits per heavy atom. The number of ether oxygens (including phenoxy) is 1. The van der Waals surface area contributed by atoms with Crippen LogP contribution in [-0.4, -0.2) is 30.9 Å². The van der Waals surface area contributed by atoms with E-state index in [-0.39, 0.29) is 24.2 Å². The van der Waals surface area contributed by atoms with Crippen LogP contribution in [0.3, 0.4) is 0 Å². The van der Waals surface area contributed by atoms with Gasteiger partial charge in [-0.15, -0.1) is 0 Å². The zero-order chi connectivity index (χ0) is 16.6. The zero-order valence-corrected chi connectivity index (χ0v) is 13.7. The molecule has 4 fully saturated rings. The van der Waals surface area contributed by atoms with Crippen molar-refractivity contribution in [3.63, 3.8) is 0 Å². The Labute approximate surface area is 136 Å². The van der Waals surface area contributed by atoms with E-state index in [0.29, 0.717) is 17.8 Å². The van der Waals surface area contributed by atoms with Gasteiger partial charge in [0.15, 0.2) is 0 Å². The summed E-state index contributed by atoms with van der Waals surface area (Å²) in [6, 6.07) is -0.797. The lowest BCUT2D eigenvalue weighted by molar-refractivity contribution is -0.149. The highest BCUT2D eigenvalue weighted by Crippen LogP contribution is 2.60. The molecule has 6 nitrogen and oxygen atoms in total. The van der Waals surface area contributed by atoms with Crippen molar-refractivity contribution in [1.82, 2.24) is 5.32 Å². The Balaban J connectivity index is 1.65. The summed E-state index contributed by atoms with van der Waals surface area (Å²) in [4.78, 5) is 35.8. The smallest absolute Gasteiger partial charge is 0.305 e. The molecule has 4 rings (SSSR count). The fourth-order valence-corrected chi connectivity index (χ4v) is 5.35. The topological polar surface area (TPSA) is 98.5 Å². The van der Waals surface area contributed by atoms with Crippen LogP contribution in [-0.2, 0) is 19.1 Å². The van der Waals surface area contributed by atoms with Gasteiger partial charge in [0.1, 0.15) is 6.04 Å². The maximum atomic E-state index is 12.9. The van der Waals surface area contributed by atoms with E-state index in [0.717, 1.165) is 19.3 Å². The monoisotopic (exact) mass is 322 g/mol. The minimum absolute atomic E-state index is 0.0368. The Morgan fingerprint density at radius 1 is 1.13 bits per heavy atom. The van der Waals surface area contributed by atoms with Gasteiger partial charge < -0.3 is 15.8 Å². The molecule has 0 heterocycles. The summed E-state index contributed by atoms with van der Waals surface area (Å²) in [6.07, 6.45) is 6.86. The molecule has 4 saturated carbocycles. The van der Waals surface area contributed by atoms with Crippen molar-refractivity contribution in [2.45, 2.75) is 57.4 Å². The number of amides is 2. The maximum absolute atomic E-state index is 12.9. The first kappa shape index (κ1) is 16.3. The largest absolute Gasteiger partial charge is 0.469 e. The molecule has 0 aromatic heterocycles. The van der Waals surface area contributed by atoms with Crippen LogP contribution in [0.25, 0.3) is 0 Å². The Kier molecular flexibility index (Phi) is 4.34. The molecule has 0 aliphatic heterocycles. The molecule has 2 amide bonds. The molecule has 3 N–H and O–H groups in total. The van der Waals surface area contributed by atoms with E-state index in [2.05, 4.69) is 10.1 Å². The number of primary amides is 1. The average molecular weight is 322 g/mol. The molecule has 4 aliphatic rings. The lowest BCUT2D eigenvalue weighted by atomic mass is 9.49. The lowest BCUT2D eigenvalue weighted by Gasteiger charge is -2.55. The van der Waals surface area contributed by atoms with Crippen molar-refractivity contribution in [2.75, 3.05) is 7.11 Å². The predicted molar refractivity (Wildman–Crippen MR) is 83.0 cm³/mol. The number of methoxy groups -OCH3 is 1. The van der Waals surface area contributed by atoms with Crippen LogP contribution in [0, 0.1) is 23.2 Å². The van der Waals surface area contributed by atoms with E-state index >= 15 is 0 Å². The number of nitrogens with two attached hydrogens (primary N) is 1. The van der Waals surface area contributed by atoms with E-state index < -0.39 is 17.9 Å². The number of rotatable bonds is 6. The van der Waals surface area contributed by atoms with Gasteiger partial charge in [-0.25, -0.2) is 0 Å². The zero-order valence-electron chi connectivity index (χ0n) is 13.7. The molecule has 23 heavy (non-hydrogen) atoms. The van der Waals surface area contributed by atoms with Crippen LogP contribution in [0.5, 0.6) is 0 Å². The standard InChI is InChI=1S/C17H26N2O4/c1-23-14(20)3-2-13(15(18)21)19-16(22)17-7-10-4-11(8-17)6-12(5-10)9-17/h10-13H,2-9H2,1H3,(H2,18,21)(H,19,22)/t10?,11?,12?,13-,17?/m1/s1. The van der Waals surface area contributed by atoms with Gasteiger partial charge in [-0.3, -0.25) is 14.4 Å². The van der Waals surface area contributed by atoms with Crippen molar-refractivity contribution in [2.24, 2.45) is 28.9 Å². The summed E-state index contributed by atoms with van der Waals surface area (Å²) in [5.41, 5.74) is 5.09. The highest BCUT2D eigenvalue weighted by Gasteiger charge is 2.54. The van der Waals surface area contributed by atoms with Gasteiger partial charge in [0.05, 0.1) is 7.11 Å². The number of esters is 1. The molecule has 1 atom stereocenters. The van der Waals surface area contributed by atoms with Gasteiger partial charge in [-0.05, 0) is 62.7 Å². The fourth-order valence-electron chi connectivity index (χ4n) is 5.35. The third-order valence-electron chi connectivity index (χ3n) is 6.03. The third-order valence-corrected chi connectivity index (χ3v) is 6.03. The normalized spacial score (nSPS) is 35.6. The van der Waals surface area contributed by atoms with Crippen LogP contribution >= 0.6 is 0 Å². The predicted octanol–water partition coefficient (Wildman–Crippen LogP) is 1.13. The van der Waals surface area contributed by atoms with Gasteiger partial charge in [-0.1, -0.05) is 0 Å². The van der Waals surface area contributed by atoms with Crippen LogP contribution < -0.4 is 11.1 Å². The Bertz CT molecular complexity index is 481. The van der Waals surface area contributed by atoms with Gasteiger partial charge in [0.2, 0.25) is 11.8 Å². The number of carbonyl (C=O) groups is 3. The second kappa shape index (κ2) is 6.13. The van der Waals surface area contributed by atoms with Gasteiger partial charge >= 0.3 is 5.97 Å². The highest BCUT2D eigenvalue weighted by atomic mass is 16.5. The maximum Gasteiger partial charge on any atom is 0.305 e. The second-order valence-corrected chi connectivity index (χ2v) is 7.74. The first-order valence-corrected chi connectivity index (χ1v) is 8.59. The molecule has 128 valence electrons. The summed E-state index contributed by atoms with van der Waals surface area (Å²) in [5, 5.41) is 2.83. The van der Waals surface area contributed by atoms with Crippen LogP contribution in [0.1, 0.15) is 51.4 Å². The Hall–Kier alpha value is -1.59. The molecule has 0 aromatic rings.